The van der Waals surface area contributed by atoms with Crippen molar-refractivity contribution in [2.24, 2.45) is 0 Å². The maximum Gasteiger partial charge on any atom is 0.164 e. The van der Waals surface area contributed by atoms with Gasteiger partial charge in [0.25, 0.3) is 0 Å². The molecule has 0 radical (unpaired) electrons. The van der Waals surface area contributed by atoms with E-state index in [-0.39, 0.29) is 5.41 Å². The Morgan fingerprint density at radius 3 is 1.75 bits per heavy atom. The number of fused-ring (bicyclic) bond motifs is 10. The average Bonchev–Trinajstić information content (AvgIpc) is 3.85. The minimum absolute atomic E-state index is 0.143. The Morgan fingerprint density at radius 1 is 0.396 bits per heavy atom. The molecular formula is C48H31N3O2. The topological polar surface area (TPSA) is 65.0 Å². The predicted octanol–water partition coefficient (Wildman–Crippen LogP) is 12.6. The van der Waals surface area contributed by atoms with Crippen molar-refractivity contribution in [2.45, 2.75) is 19.3 Å². The minimum Gasteiger partial charge on any atom is -0.456 e. The third-order valence-electron chi connectivity index (χ3n) is 10.9. The molecule has 0 fully saturated rings. The van der Waals surface area contributed by atoms with Gasteiger partial charge in [0.15, 0.2) is 17.5 Å². The molecule has 1 aliphatic carbocycles. The minimum atomic E-state index is -0.143. The first-order valence-corrected chi connectivity index (χ1v) is 17.9. The van der Waals surface area contributed by atoms with Crippen molar-refractivity contribution in [3.05, 3.63) is 163 Å². The van der Waals surface area contributed by atoms with Gasteiger partial charge in [-0.2, -0.15) is 0 Å². The van der Waals surface area contributed by atoms with Gasteiger partial charge in [-0.3, -0.25) is 0 Å². The summed E-state index contributed by atoms with van der Waals surface area (Å²) in [6.07, 6.45) is 0. The van der Waals surface area contributed by atoms with Crippen LogP contribution in [0.3, 0.4) is 0 Å². The number of benzene rings is 7. The molecule has 0 atom stereocenters. The normalized spacial score (nSPS) is 13.2. The summed E-state index contributed by atoms with van der Waals surface area (Å²) in [6, 6.07) is 52.4. The van der Waals surface area contributed by atoms with Gasteiger partial charge in [-0.05, 0) is 69.8 Å². The molecule has 0 N–H and O–H groups in total. The molecule has 7 aromatic carbocycles. The SMILES string of the molecule is CC1(C)c2ccc(-c3cccc(-c4nc(-c5ccccc5)nc(-c5cccc6oc7ccccc7c56)n4)c3)cc2-c2c1ccc1oc3ccccc3c21. The van der Waals surface area contributed by atoms with Crippen LogP contribution in [-0.2, 0) is 5.41 Å². The lowest BCUT2D eigenvalue weighted by Gasteiger charge is -2.21. The highest BCUT2D eigenvalue weighted by molar-refractivity contribution is 6.15. The summed E-state index contributed by atoms with van der Waals surface area (Å²) >= 11 is 0. The second kappa shape index (κ2) is 11.1. The monoisotopic (exact) mass is 681 g/mol. The molecule has 250 valence electrons. The lowest BCUT2D eigenvalue weighted by molar-refractivity contribution is 0.656. The fraction of sp³-hybridized carbons (Fsp3) is 0.0625. The standard InChI is InChI=1S/C48H31N3O2/c1-48(2)36-23-22-30(27-35(36)43-37(48)24-25-41-44(43)33-17-7-9-20-39(33)53-41)29-14-10-15-31(26-29)46-49-45(28-12-4-3-5-13-28)50-47(51-46)34-18-11-21-40-42(34)32-16-6-8-19-38(32)52-40/h3-27H,1-2H3. The van der Waals surface area contributed by atoms with Crippen molar-refractivity contribution in [1.82, 2.24) is 15.0 Å². The molecule has 0 bridgehead atoms. The fourth-order valence-corrected chi connectivity index (χ4v) is 8.38. The van der Waals surface area contributed by atoms with Crippen LogP contribution in [0.25, 0.3) is 100 Å². The highest BCUT2D eigenvalue weighted by atomic mass is 16.3. The first kappa shape index (κ1) is 29.8. The molecule has 53 heavy (non-hydrogen) atoms. The van der Waals surface area contributed by atoms with E-state index in [0.29, 0.717) is 17.5 Å². The molecule has 0 unspecified atom stereocenters. The second-order valence-electron chi connectivity index (χ2n) is 14.4. The highest BCUT2D eigenvalue weighted by Crippen LogP contribution is 2.53. The molecule has 0 aliphatic heterocycles. The number of hydrogen-bond donors (Lipinski definition) is 0. The average molecular weight is 682 g/mol. The Bertz CT molecular complexity index is 3100. The van der Waals surface area contributed by atoms with Gasteiger partial charge in [-0.25, -0.2) is 15.0 Å². The molecule has 10 aromatic rings. The molecule has 5 heteroatoms. The number of furan rings is 2. The number of aromatic nitrogens is 3. The van der Waals surface area contributed by atoms with Gasteiger partial charge in [-0.15, -0.1) is 0 Å². The quantitative estimate of drug-likeness (QED) is 0.185. The summed E-state index contributed by atoms with van der Waals surface area (Å²) in [4.78, 5) is 15.3. The van der Waals surface area contributed by atoms with E-state index in [1.54, 1.807) is 0 Å². The van der Waals surface area contributed by atoms with Gasteiger partial charge < -0.3 is 8.83 Å². The first-order chi connectivity index (χ1) is 26.0. The Kier molecular flexibility index (Phi) is 6.23. The van der Waals surface area contributed by atoms with Crippen molar-refractivity contribution in [2.75, 3.05) is 0 Å². The number of hydrogen-bond acceptors (Lipinski definition) is 5. The highest BCUT2D eigenvalue weighted by Gasteiger charge is 2.37. The maximum absolute atomic E-state index is 6.34. The van der Waals surface area contributed by atoms with Crippen molar-refractivity contribution in [1.29, 1.82) is 0 Å². The lowest BCUT2D eigenvalue weighted by atomic mass is 9.82. The van der Waals surface area contributed by atoms with Crippen LogP contribution in [0.1, 0.15) is 25.0 Å². The van der Waals surface area contributed by atoms with E-state index < -0.39 is 0 Å². The smallest absolute Gasteiger partial charge is 0.164 e. The summed E-state index contributed by atoms with van der Waals surface area (Å²) < 4.78 is 12.6. The molecule has 3 aromatic heterocycles. The first-order valence-electron chi connectivity index (χ1n) is 17.9. The molecule has 1 aliphatic rings. The van der Waals surface area contributed by atoms with Gasteiger partial charge in [0.05, 0.1) is 0 Å². The number of rotatable bonds is 4. The van der Waals surface area contributed by atoms with Crippen LogP contribution in [0.4, 0.5) is 0 Å². The van der Waals surface area contributed by atoms with E-state index in [2.05, 4.69) is 98.8 Å². The van der Waals surface area contributed by atoms with E-state index in [9.17, 15) is 0 Å². The summed E-state index contributed by atoms with van der Waals surface area (Å²) in [6.45, 7) is 4.64. The van der Waals surface area contributed by atoms with Gasteiger partial charge in [0, 0.05) is 43.7 Å². The summed E-state index contributed by atoms with van der Waals surface area (Å²) in [5.41, 5.74) is 13.4. The van der Waals surface area contributed by atoms with Crippen LogP contribution in [0.2, 0.25) is 0 Å². The number of nitrogens with zero attached hydrogens (tertiary/aromatic N) is 3. The Balaban J connectivity index is 1.08. The van der Waals surface area contributed by atoms with Crippen LogP contribution in [0.5, 0.6) is 0 Å². The van der Waals surface area contributed by atoms with E-state index in [1.165, 1.54) is 27.6 Å². The maximum atomic E-state index is 6.34. The zero-order valence-electron chi connectivity index (χ0n) is 29.1. The van der Waals surface area contributed by atoms with Gasteiger partial charge in [-0.1, -0.05) is 129 Å². The van der Waals surface area contributed by atoms with Crippen molar-refractivity contribution >= 4 is 43.9 Å². The molecule has 5 nitrogen and oxygen atoms in total. The van der Waals surface area contributed by atoms with Crippen LogP contribution >= 0.6 is 0 Å². The van der Waals surface area contributed by atoms with Crippen molar-refractivity contribution < 1.29 is 8.83 Å². The van der Waals surface area contributed by atoms with Crippen LogP contribution in [0.15, 0.2) is 160 Å². The lowest BCUT2D eigenvalue weighted by Crippen LogP contribution is -2.14. The van der Waals surface area contributed by atoms with Gasteiger partial charge in [0.2, 0.25) is 0 Å². The summed E-state index contributed by atoms with van der Waals surface area (Å²) in [5.74, 6) is 1.83. The fourth-order valence-electron chi connectivity index (χ4n) is 8.38. The van der Waals surface area contributed by atoms with Crippen molar-refractivity contribution in [3.8, 4) is 56.4 Å². The zero-order valence-corrected chi connectivity index (χ0v) is 29.1. The molecule has 0 saturated carbocycles. The Hall–Kier alpha value is -6.85. The van der Waals surface area contributed by atoms with Gasteiger partial charge in [0.1, 0.15) is 22.3 Å². The molecule has 0 spiro atoms. The van der Waals surface area contributed by atoms with E-state index in [4.69, 9.17) is 23.8 Å². The predicted molar refractivity (Wildman–Crippen MR) is 214 cm³/mol. The largest absolute Gasteiger partial charge is 0.456 e. The van der Waals surface area contributed by atoms with Crippen LogP contribution < -0.4 is 0 Å². The molecule has 0 amide bonds. The van der Waals surface area contributed by atoms with Crippen LogP contribution in [0, 0.1) is 0 Å². The molecule has 3 heterocycles. The summed E-state index contributed by atoms with van der Waals surface area (Å²) in [7, 11) is 0. The van der Waals surface area contributed by atoms with E-state index >= 15 is 0 Å². The van der Waals surface area contributed by atoms with Crippen molar-refractivity contribution in [3.63, 3.8) is 0 Å². The van der Waals surface area contributed by atoms with Crippen LogP contribution in [-0.4, -0.2) is 15.0 Å². The van der Waals surface area contributed by atoms with E-state index in [1.807, 2.05) is 66.7 Å². The zero-order chi connectivity index (χ0) is 35.3. The van der Waals surface area contributed by atoms with Gasteiger partial charge >= 0.3 is 0 Å². The number of para-hydroxylation sites is 2. The molecular weight excluding hydrogens is 651 g/mol. The second-order valence-corrected chi connectivity index (χ2v) is 14.4. The Morgan fingerprint density at radius 2 is 0.962 bits per heavy atom. The van der Waals surface area contributed by atoms with E-state index in [0.717, 1.165) is 66.3 Å². The molecule has 11 rings (SSSR count). The summed E-state index contributed by atoms with van der Waals surface area (Å²) in [5, 5.41) is 4.36. The Labute approximate surface area is 305 Å². The third-order valence-corrected chi connectivity index (χ3v) is 10.9. The molecule has 0 saturated heterocycles. The third kappa shape index (κ3) is 4.47.